The second-order valence-electron chi connectivity index (χ2n) is 6.57. The van der Waals surface area contributed by atoms with Gasteiger partial charge in [0, 0.05) is 34.5 Å². The van der Waals surface area contributed by atoms with Gasteiger partial charge in [0.15, 0.2) is 0 Å². The molecule has 2 heterocycles. The number of nitrogens with one attached hydrogen (secondary N) is 2. The van der Waals surface area contributed by atoms with E-state index in [4.69, 9.17) is 16.0 Å². The molecule has 0 bridgehead atoms. The largest absolute Gasteiger partial charge is 0.467 e. The quantitative estimate of drug-likeness (QED) is 0.459. The fourth-order valence-corrected chi connectivity index (χ4v) is 3.58. The van der Waals surface area contributed by atoms with Crippen LogP contribution in [-0.2, 0) is 11.3 Å². The average molecular weight is 397 g/mol. The van der Waals surface area contributed by atoms with E-state index in [0.717, 1.165) is 16.5 Å². The van der Waals surface area contributed by atoms with Crippen molar-refractivity contribution in [3.05, 3.63) is 94.8 Å². The van der Waals surface area contributed by atoms with E-state index in [-0.39, 0.29) is 24.7 Å². The Bertz CT molecular complexity index is 1100. The fourth-order valence-electron chi connectivity index (χ4n) is 3.40. The van der Waals surface area contributed by atoms with Gasteiger partial charge in [-0.2, -0.15) is 0 Å². The Kier molecular flexibility index (Phi) is 5.17. The highest BCUT2D eigenvalue weighted by Gasteiger charge is 2.24. The van der Waals surface area contributed by atoms with Crippen molar-refractivity contribution in [2.24, 2.45) is 0 Å². The highest BCUT2D eigenvalue weighted by molar-refractivity contribution is 6.31. The van der Waals surface area contributed by atoms with E-state index in [1.54, 1.807) is 42.7 Å². The monoisotopic (exact) mass is 396 g/mol. The molecule has 0 aliphatic heterocycles. The van der Waals surface area contributed by atoms with E-state index in [1.807, 2.05) is 18.3 Å². The summed E-state index contributed by atoms with van der Waals surface area (Å²) in [5.41, 5.74) is 2.18. The lowest BCUT2D eigenvalue weighted by Gasteiger charge is -2.18. The van der Waals surface area contributed by atoms with Gasteiger partial charge in [-0.05, 0) is 47.5 Å². The number of hydrogen-bond acceptors (Lipinski definition) is 2. The lowest BCUT2D eigenvalue weighted by atomic mass is 9.87. The number of hydrogen-bond donors (Lipinski definition) is 2. The molecule has 142 valence electrons. The van der Waals surface area contributed by atoms with Crippen molar-refractivity contribution in [3.63, 3.8) is 0 Å². The van der Waals surface area contributed by atoms with E-state index in [9.17, 15) is 9.18 Å². The molecule has 0 aliphatic rings. The zero-order valence-corrected chi connectivity index (χ0v) is 15.7. The Morgan fingerprint density at radius 3 is 2.79 bits per heavy atom. The van der Waals surface area contributed by atoms with Gasteiger partial charge in [-0.3, -0.25) is 4.79 Å². The minimum atomic E-state index is -0.454. The van der Waals surface area contributed by atoms with Crippen molar-refractivity contribution < 1.29 is 13.6 Å². The summed E-state index contributed by atoms with van der Waals surface area (Å²) in [4.78, 5) is 15.8. The van der Waals surface area contributed by atoms with Crippen LogP contribution in [0.1, 0.15) is 29.2 Å². The molecule has 0 saturated carbocycles. The first-order valence-corrected chi connectivity index (χ1v) is 9.29. The lowest BCUT2D eigenvalue weighted by Crippen LogP contribution is -2.25. The first-order chi connectivity index (χ1) is 13.6. The van der Waals surface area contributed by atoms with Gasteiger partial charge in [0.1, 0.15) is 11.6 Å². The normalized spacial score (nSPS) is 12.2. The maximum Gasteiger partial charge on any atom is 0.221 e. The SMILES string of the molecule is O=C(CC(c1ccccc1F)c1c[nH]c2ccc(Cl)cc12)NCc1ccco1. The van der Waals surface area contributed by atoms with E-state index in [0.29, 0.717) is 16.3 Å². The van der Waals surface area contributed by atoms with E-state index in [1.165, 1.54) is 6.07 Å². The van der Waals surface area contributed by atoms with E-state index >= 15 is 0 Å². The molecule has 6 heteroatoms. The molecule has 28 heavy (non-hydrogen) atoms. The summed E-state index contributed by atoms with van der Waals surface area (Å²) in [5, 5.41) is 4.30. The molecule has 2 N–H and O–H groups in total. The fraction of sp³-hybridized carbons (Fsp3) is 0.136. The van der Waals surface area contributed by atoms with Crippen molar-refractivity contribution in [1.29, 1.82) is 0 Å². The third-order valence-electron chi connectivity index (χ3n) is 4.76. The molecule has 1 atom stereocenters. The van der Waals surface area contributed by atoms with Gasteiger partial charge >= 0.3 is 0 Å². The number of benzene rings is 2. The minimum Gasteiger partial charge on any atom is -0.467 e. The molecule has 4 aromatic rings. The number of H-pyrrole nitrogens is 1. The summed E-state index contributed by atoms with van der Waals surface area (Å²) in [5.74, 6) is -0.330. The summed E-state index contributed by atoms with van der Waals surface area (Å²) in [7, 11) is 0. The second kappa shape index (κ2) is 7.90. The van der Waals surface area contributed by atoms with E-state index < -0.39 is 5.92 Å². The van der Waals surface area contributed by atoms with Crippen LogP contribution in [0.5, 0.6) is 0 Å². The number of carbonyl (C=O) groups is 1. The summed E-state index contributed by atoms with van der Waals surface area (Å²) < 4.78 is 19.8. The van der Waals surface area contributed by atoms with Crippen LogP contribution >= 0.6 is 11.6 Å². The summed E-state index contributed by atoms with van der Waals surface area (Å²) in [6, 6.07) is 15.6. The predicted molar refractivity (Wildman–Crippen MR) is 107 cm³/mol. The molecule has 0 radical (unpaired) electrons. The van der Waals surface area contributed by atoms with Crippen molar-refractivity contribution in [2.45, 2.75) is 18.9 Å². The topological polar surface area (TPSA) is 58.0 Å². The van der Waals surface area contributed by atoms with Crippen molar-refractivity contribution in [2.75, 3.05) is 0 Å². The molecule has 4 nitrogen and oxygen atoms in total. The van der Waals surface area contributed by atoms with Crippen LogP contribution in [0.2, 0.25) is 5.02 Å². The molecule has 0 saturated heterocycles. The predicted octanol–water partition coefficient (Wildman–Crippen LogP) is 5.39. The lowest BCUT2D eigenvalue weighted by molar-refractivity contribution is -0.121. The molecule has 0 aliphatic carbocycles. The maximum atomic E-state index is 14.6. The zero-order valence-electron chi connectivity index (χ0n) is 14.9. The molecule has 0 fully saturated rings. The van der Waals surface area contributed by atoms with Gasteiger partial charge in [0.2, 0.25) is 5.91 Å². The summed E-state index contributed by atoms with van der Waals surface area (Å²) in [6.45, 7) is 0.287. The third-order valence-corrected chi connectivity index (χ3v) is 5.00. The van der Waals surface area contributed by atoms with Crippen LogP contribution < -0.4 is 5.32 Å². The number of aromatic amines is 1. The van der Waals surface area contributed by atoms with E-state index in [2.05, 4.69) is 10.3 Å². The average Bonchev–Trinajstić information content (AvgIpc) is 3.35. The Morgan fingerprint density at radius 1 is 1.14 bits per heavy atom. The maximum absolute atomic E-state index is 14.6. The van der Waals surface area contributed by atoms with Gasteiger partial charge < -0.3 is 14.7 Å². The first-order valence-electron chi connectivity index (χ1n) is 8.92. The van der Waals surface area contributed by atoms with Gasteiger partial charge in [-0.25, -0.2) is 4.39 Å². The number of aromatic nitrogens is 1. The number of rotatable bonds is 6. The molecule has 2 aromatic carbocycles. The molecule has 4 rings (SSSR count). The Labute approximate surface area is 166 Å². The molecule has 0 spiro atoms. The summed E-state index contributed by atoms with van der Waals surface area (Å²) >= 11 is 6.16. The minimum absolute atomic E-state index is 0.0983. The smallest absolute Gasteiger partial charge is 0.221 e. The zero-order chi connectivity index (χ0) is 19.5. The highest BCUT2D eigenvalue weighted by atomic mass is 35.5. The number of amides is 1. The number of carbonyl (C=O) groups excluding carboxylic acids is 1. The van der Waals surface area contributed by atoms with Crippen LogP contribution in [0.15, 0.2) is 71.5 Å². The van der Waals surface area contributed by atoms with Crippen molar-refractivity contribution in [3.8, 4) is 0 Å². The summed E-state index contributed by atoms with van der Waals surface area (Å²) in [6.07, 6.45) is 3.47. The Morgan fingerprint density at radius 2 is 2.00 bits per heavy atom. The van der Waals surface area contributed by atoms with Crippen LogP contribution in [-0.4, -0.2) is 10.9 Å². The molecule has 2 aromatic heterocycles. The van der Waals surface area contributed by atoms with Crippen molar-refractivity contribution >= 4 is 28.4 Å². The number of furan rings is 1. The van der Waals surface area contributed by atoms with Gasteiger partial charge in [-0.1, -0.05) is 29.8 Å². The third kappa shape index (κ3) is 3.80. The van der Waals surface area contributed by atoms with Crippen LogP contribution in [0.3, 0.4) is 0 Å². The van der Waals surface area contributed by atoms with Gasteiger partial charge in [0.05, 0.1) is 12.8 Å². The van der Waals surface area contributed by atoms with Gasteiger partial charge in [-0.15, -0.1) is 0 Å². The molecular weight excluding hydrogens is 379 g/mol. The van der Waals surface area contributed by atoms with Crippen LogP contribution in [0.4, 0.5) is 4.39 Å². The second-order valence-corrected chi connectivity index (χ2v) is 7.00. The highest BCUT2D eigenvalue weighted by Crippen LogP contribution is 2.35. The molecular formula is C22H18ClFN2O2. The number of halogens is 2. The Balaban J connectivity index is 1.67. The Hall–Kier alpha value is -3.05. The molecule has 1 amide bonds. The number of fused-ring (bicyclic) bond motifs is 1. The van der Waals surface area contributed by atoms with Crippen molar-refractivity contribution in [1.82, 2.24) is 10.3 Å². The molecule has 1 unspecified atom stereocenters. The van der Waals surface area contributed by atoms with Crippen LogP contribution in [0.25, 0.3) is 10.9 Å². The van der Waals surface area contributed by atoms with Gasteiger partial charge in [0.25, 0.3) is 0 Å². The first kappa shape index (κ1) is 18.3. The van der Waals surface area contributed by atoms with Crippen LogP contribution in [0, 0.1) is 5.82 Å². The standard InChI is InChI=1S/C22H18ClFN2O2/c23-14-7-8-21-18(10-14)19(13-25-21)17(16-5-1-2-6-20(16)24)11-22(27)26-12-15-4-3-9-28-15/h1-10,13,17,25H,11-12H2,(H,26,27).